The number of amides is 1. The molecule has 1 N–H and O–H groups in total. The number of Topliss-reactive ketones (excluding diaryl/α,β-unsaturated/α-hetero) is 1. The number of para-hydroxylation sites is 1. The maximum Gasteiger partial charge on any atom is 0.349 e. The van der Waals surface area contributed by atoms with Crippen LogP contribution in [0.4, 0.5) is 5.69 Å². The summed E-state index contributed by atoms with van der Waals surface area (Å²) in [4.78, 5) is 35.9. The van der Waals surface area contributed by atoms with Crippen LogP contribution in [-0.2, 0) is 9.53 Å². The molecule has 1 amide bonds. The molecule has 1 heterocycles. The average molecular weight is 317 g/mol. The summed E-state index contributed by atoms with van der Waals surface area (Å²) in [7, 11) is 0. The lowest BCUT2D eigenvalue weighted by atomic mass is 10.3. The zero-order valence-corrected chi connectivity index (χ0v) is 13.0. The quantitative estimate of drug-likeness (QED) is 0.679. The molecule has 22 heavy (non-hydrogen) atoms. The van der Waals surface area contributed by atoms with E-state index >= 15 is 0 Å². The third kappa shape index (κ3) is 4.02. The number of hydrogen-bond donors (Lipinski definition) is 1. The number of hydrogen-bond acceptors (Lipinski definition) is 5. The van der Waals surface area contributed by atoms with E-state index in [1.54, 1.807) is 30.3 Å². The Hall–Kier alpha value is -2.47. The third-order valence-electron chi connectivity index (χ3n) is 2.85. The van der Waals surface area contributed by atoms with Crippen molar-refractivity contribution in [2.75, 3.05) is 5.32 Å². The number of thiophene rings is 1. The van der Waals surface area contributed by atoms with Crippen molar-refractivity contribution >= 4 is 34.7 Å². The summed E-state index contributed by atoms with van der Waals surface area (Å²) in [5.74, 6) is -1.14. The van der Waals surface area contributed by atoms with E-state index in [1.165, 1.54) is 19.9 Å². The Bertz CT molecular complexity index is 693. The van der Waals surface area contributed by atoms with E-state index < -0.39 is 18.0 Å². The van der Waals surface area contributed by atoms with Crippen LogP contribution in [0.15, 0.2) is 42.5 Å². The fourth-order valence-electron chi connectivity index (χ4n) is 1.67. The normalized spacial score (nSPS) is 11.5. The van der Waals surface area contributed by atoms with Gasteiger partial charge in [0.1, 0.15) is 4.88 Å². The third-order valence-corrected chi connectivity index (χ3v) is 4.01. The van der Waals surface area contributed by atoms with Gasteiger partial charge >= 0.3 is 5.97 Å². The number of nitrogens with one attached hydrogen (secondary N) is 1. The molecule has 0 aliphatic heterocycles. The topological polar surface area (TPSA) is 72.5 Å². The highest BCUT2D eigenvalue weighted by Gasteiger charge is 2.20. The monoisotopic (exact) mass is 317 g/mol. The molecule has 0 fully saturated rings. The first-order valence-corrected chi connectivity index (χ1v) is 7.46. The van der Waals surface area contributed by atoms with Crippen LogP contribution in [0.25, 0.3) is 0 Å². The largest absolute Gasteiger partial charge is 0.448 e. The second-order valence-electron chi connectivity index (χ2n) is 4.62. The molecule has 0 radical (unpaired) electrons. The van der Waals surface area contributed by atoms with Crippen LogP contribution in [0.1, 0.15) is 33.2 Å². The second kappa shape index (κ2) is 7.00. The molecule has 1 aromatic heterocycles. The molecule has 5 nitrogen and oxygen atoms in total. The summed E-state index contributed by atoms with van der Waals surface area (Å²) in [6.07, 6.45) is -0.935. The van der Waals surface area contributed by atoms with E-state index in [0.717, 1.165) is 11.3 Å². The maximum atomic E-state index is 12.0. The van der Waals surface area contributed by atoms with Gasteiger partial charge < -0.3 is 10.1 Å². The van der Waals surface area contributed by atoms with Gasteiger partial charge in [-0.15, -0.1) is 11.3 Å². The van der Waals surface area contributed by atoms with E-state index in [-0.39, 0.29) is 5.78 Å². The van der Waals surface area contributed by atoms with E-state index in [9.17, 15) is 14.4 Å². The Morgan fingerprint density at radius 2 is 1.68 bits per heavy atom. The highest BCUT2D eigenvalue weighted by molar-refractivity contribution is 7.15. The van der Waals surface area contributed by atoms with Crippen molar-refractivity contribution in [3.8, 4) is 0 Å². The molecule has 1 aromatic carbocycles. The number of carbonyl (C=O) groups is 3. The minimum atomic E-state index is -0.935. The number of anilines is 1. The van der Waals surface area contributed by atoms with Crippen LogP contribution in [-0.4, -0.2) is 23.8 Å². The van der Waals surface area contributed by atoms with Gasteiger partial charge in [0, 0.05) is 5.69 Å². The standard InChI is InChI=1S/C16H15NO4S/c1-10(18)13-8-9-14(22-13)16(20)21-11(2)15(19)17-12-6-4-3-5-7-12/h3-9,11H,1-2H3,(H,17,19). The average Bonchev–Trinajstić information content (AvgIpc) is 2.98. The molecule has 114 valence electrons. The minimum Gasteiger partial charge on any atom is -0.448 e. The fraction of sp³-hybridized carbons (Fsp3) is 0.188. The first kappa shape index (κ1) is 15.9. The molecule has 2 aromatic rings. The Kier molecular flexibility index (Phi) is 5.06. The van der Waals surface area contributed by atoms with Crippen molar-refractivity contribution in [3.63, 3.8) is 0 Å². The van der Waals surface area contributed by atoms with E-state index in [1.807, 2.05) is 6.07 Å². The van der Waals surface area contributed by atoms with Crippen LogP contribution < -0.4 is 5.32 Å². The Morgan fingerprint density at radius 1 is 1.05 bits per heavy atom. The summed E-state index contributed by atoms with van der Waals surface area (Å²) in [6.45, 7) is 2.92. The van der Waals surface area contributed by atoms with Crippen molar-refractivity contribution in [3.05, 3.63) is 52.2 Å². The minimum absolute atomic E-state index is 0.112. The van der Waals surface area contributed by atoms with E-state index in [4.69, 9.17) is 4.74 Å². The molecule has 6 heteroatoms. The second-order valence-corrected chi connectivity index (χ2v) is 5.71. The lowest BCUT2D eigenvalue weighted by molar-refractivity contribution is -0.123. The molecular weight excluding hydrogens is 302 g/mol. The van der Waals surface area contributed by atoms with E-state index in [2.05, 4.69) is 5.32 Å². The molecule has 1 atom stereocenters. The van der Waals surface area contributed by atoms with Crippen molar-refractivity contribution in [2.45, 2.75) is 20.0 Å². The van der Waals surface area contributed by atoms with Crippen molar-refractivity contribution in [1.29, 1.82) is 0 Å². The van der Waals surface area contributed by atoms with Crippen LogP contribution >= 0.6 is 11.3 Å². The Morgan fingerprint density at radius 3 is 2.27 bits per heavy atom. The Balaban J connectivity index is 1.95. The fourth-order valence-corrected chi connectivity index (χ4v) is 2.46. The maximum absolute atomic E-state index is 12.0. The SMILES string of the molecule is CC(=O)c1ccc(C(=O)OC(C)C(=O)Nc2ccccc2)s1. The van der Waals surface area contributed by atoms with Gasteiger partial charge in [0.05, 0.1) is 4.88 Å². The summed E-state index contributed by atoms with van der Waals surface area (Å²) < 4.78 is 5.11. The van der Waals surface area contributed by atoms with Gasteiger partial charge in [0.25, 0.3) is 5.91 Å². The van der Waals surface area contributed by atoms with Crippen LogP contribution in [0, 0.1) is 0 Å². The number of ether oxygens (including phenoxy) is 1. The molecule has 0 aliphatic carbocycles. The molecule has 0 bridgehead atoms. The van der Waals surface area contributed by atoms with Crippen molar-refractivity contribution in [2.24, 2.45) is 0 Å². The van der Waals surface area contributed by atoms with Crippen molar-refractivity contribution in [1.82, 2.24) is 0 Å². The summed E-state index contributed by atoms with van der Waals surface area (Å²) in [5.41, 5.74) is 0.630. The highest BCUT2D eigenvalue weighted by atomic mass is 32.1. The smallest absolute Gasteiger partial charge is 0.349 e. The molecule has 0 saturated heterocycles. The summed E-state index contributed by atoms with van der Waals surface area (Å²) >= 11 is 1.05. The number of ketones is 1. The predicted octanol–water partition coefficient (Wildman–Crippen LogP) is 3.13. The lowest BCUT2D eigenvalue weighted by Crippen LogP contribution is -2.29. The van der Waals surface area contributed by atoms with Crippen LogP contribution in [0.2, 0.25) is 0 Å². The van der Waals surface area contributed by atoms with Crippen LogP contribution in [0.3, 0.4) is 0 Å². The molecule has 1 unspecified atom stereocenters. The highest BCUT2D eigenvalue weighted by Crippen LogP contribution is 2.18. The van der Waals surface area contributed by atoms with Gasteiger partial charge in [-0.2, -0.15) is 0 Å². The lowest BCUT2D eigenvalue weighted by Gasteiger charge is -2.12. The van der Waals surface area contributed by atoms with Crippen LogP contribution in [0.5, 0.6) is 0 Å². The van der Waals surface area contributed by atoms with Gasteiger partial charge in [-0.05, 0) is 38.1 Å². The first-order valence-electron chi connectivity index (χ1n) is 6.65. The van der Waals surface area contributed by atoms with Gasteiger partial charge in [-0.1, -0.05) is 18.2 Å². The molecule has 0 spiro atoms. The zero-order valence-electron chi connectivity index (χ0n) is 12.2. The van der Waals surface area contributed by atoms with E-state index in [0.29, 0.717) is 15.4 Å². The first-order chi connectivity index (χ1) is 10.5. The predicted molar refractivity (Wildman–Crippen MR) is 84.3 cm³/mol. The summed E-state index contributed by atoms with van der Waals surface area (Å²) in [6, 6.07) is 12.0. The van der Waals surface area contributed by atoms with Crippen molar-refractivity contribution < 1.29 is 19.1 Å². The molecule has 0 saturated carbocycles. The zero-order chi connectivity index (χ0) is 16.1. The van der Waals surface area contributed by atoms with Gasteiger partial charge in [0.2, 0.25) is 0 Å². The number of esters is 1. The molecular formula is C16H15NO4S. The molecule has 0 aliphatic rings. The van der Waals surface area contributed by atoms with Gasteiger partial charge in [0.15, 0.2) is 11.9 Å². The number of benzene rings is 1. The van der Waals surface area contributed by atoms with Gasteiger partial charge in [-0.25, -0.2) is 4.79 Å². The summed E-state index contributed by atoms with van der Waals surface area (Å²) in [5, 5.41) is 2.66. The van der Waals surface area contributed by atoms with Gasteiger partial charge in [-0.3, -0.25) is 9.59 Å². The molecule has 2 rings (SSSR count). The number of carbonyl (C=O) groups excluding carboxylic acids is 3. The Labute approximate surface area is 131 Å². The number of rotatable bonds is 5.